The van der Waals surface area contributed by atoms with Gasteiger partial charge in [0.25, 0.3) is 5.91 Å². The average Bonchev–Trinajstić information content (AvgIpc) is 2.96. The predicted molar refractivity (Wildman–Crippen MR) is 75.6 cm³/mol. The van der Waals surface area contributed by atoms with Crippen LogP contribution in [0.3, 0.4) is 0 Å². The number of carboxylic acids is 1. The van der Waals surface area contributed by atoms with E-state index in [1.165, 1.54) is 0 Å². The molecule has 20 heavy (non-hydrogen) atoms. The molecule has 1 aliphatic rings. The molecule has 1 fully saturated rings. The molecular formula is C16H15NO3. The van der Waals surface area contributed by atoms with E-state index in [0.717, 1.165) is 10.8 Å². The molecule has 2 aromatic rings. The Hall–Kier alpha value is -2.36. The van der Waals surface area contributed by atoms with Crippen LogP contribution < -0.4 is 0 Å². The molecule has 102 valence electrons. The number of amides is 1. The van der Waals surface area contributed by atoms with Crippen LogP contribution in [0.4, 0.5) is 0 Å². The van der Waals surface area contributed by atoms with Crippen molar-refractivity contribution in [3.05, 3.63) is 48.0 Å². The lowest BCUT2D eigenvalue weighted by molar-refractivity contribution is -0.141. The normalized spacial score (nSPS) is 18.4. The van der Waals surface area contributed by atoms with E-state index in [-0.39, 0.29) is 5.91 Å². The molecule has 1 unspecified atom stereocenters. The van der Waals surface area contributed by atoms with Gasteiger partial charge in [-0.05, 0) is 23.3 Å². The van der Waals surface area contributed by atoms with Gasteiger partial charge < -0.3 is 10.0 Å². The third-order valence-corrected chi connectivity index (χ3v) is 3.84. The molecule has 1 heterocycles. The maximum Gasteiger partial charge on any atom is 0.308 e. The first-order chi connectivity index (χ1) is 9.66. The summed E-state index contributed by atoms with van der Waals surface area (Å²) in [5.41, 5.74) is 0.647. The molecule has 0 aliphatic carbocycles. The van der Waals surface area contributed by atoms with Gasteiger partial charge in [-0.15, -0.1) is 0 Å². The molecule has 0 spiro atoms. The summed E-state index contributed by atoms with van der Waals surface area (Å²) >= 11 is 0. The highest BCUT2D eigenvalue weighted by Crippen LogP contribution is 2.23. The van der Waals surface area contributed by atoms with Crippen molar-refractivity contribution < 1.29 is 14.7 Å². The maximum atomic E-state index is 12.6. The standard InChI is InChI=1S/C16H15NO3/c18-15(17-9-8-12(10-17)16(19)20)14-7-3-5-11-4-1-2-6-13(11)14/h1-7,12H,8-10H2,(H,19,20). The molecule has 1 saturated heterocycles. The Morgan fingerprint density at radius 2 is 1.85 bits per heavy atom. The molecule has 0 aromatic heterocycles. The van der Waals surface area contributed by atoms with Crippen molar-refractivity contribution in [1.29, 1.82) is 0 Å². The second-order valence-corrected chi connectivity index (χ2v) is 5.10. The predicted octanol–water partition coefficient (Wildman–Crippen LogP) is 2.39. The van der Waals surface area contributed by atoms with Gasteiger partial charge in [0.2, 0.25) is 0 Å². The number of aliphatic carboxylic acids is 1. The highest BCUT2D eigenvalue weighted by Gasteiger charge is 2.31. The Morgan fingerprint density at radius 3 is 2.60 bits per heavy atom. The van der Waals surface area contributed by atoms with Crippen LogP contribution in [0.1, 0.15) is 16.8 Å². The van der Waals surface area contributed by atoms with E-state index in [1.807, 2.05) is 36.4 Å². The summed E-state index contributed by atoms with van der Waals surface area (Å²) in [5.74, 6) is -1.34. The van der Waals surface area contributed by atoms with Crippen molar-refractivity contribution >= 4 is 22.6 Å². The average molecular weight is 269 g/mol. The number of nitrogens with zero attached hydrogens (tertiary/aromatic N) is 1. The monoisotopic (exact) mass is 269 g/mol. The molecule has 2 aromatic carbocycles. The molecule has 0 radical (unpaired) electrons. The van der Waals surface area contributed by atoms with Crippen LogP contribution in [-0.2, 0) is 4.79 Å². The molecule has 4 nitrogen and oxygen atoms in total. The number of rotatable bonds is 2. The summed E-state index contributed by atoms with van der Waals surface area (Å²) in [6, 6.07) is 13.4. The fourth-order valence-electron chi connectivity index (χ4n) is 2.73. The van der Waals surface area contributed by atoms with Gasteiger partial charge in [-0.1, -0.05) is 36.4 Å². The first kappa shape index (κ1) is 12.7. The first-order valence-electron chi connectivity index (χ1n) is 6.66. The molecular weight excluding hydrogens is 254 g/mol. The summed E-state index contributed by atoms with van der Waals surface area (Å²) in [5, 5.41) is 11.0. The maximum absolute atomic E-state index is 12.6. The molecule has 3 rings (SSSR count). The number of fused-ring (bicyclic) bond motifs is 1. The van der Waals surface area contributed by atoms with Gasteiger partial charge >= 0.3 is 5.97 Å². The van der Waals surface area contributed by atoms with Crippen LogP contribution in [0.5, 0.6) is 0 Å². The number of carbonyl (C=O) groups excluding carboxylic acids is 1. The Morgan fingerprint density at radius 1 is 1.10 bits per heavy atom. The summed E-state index contributed by atoms with van der Waals surface area (Å²) in [7, 11) is 0. The zero-order valence-corrected chi connectivity index (χ0v) is 11.0. The van der Waals surface area contributed by atoms with Gasteiger partial charge in [0.1, 0.15) is 0 Å². The fraction of sp³-hybridized carbons (Fsp3) is 0.250. The molecule has 1 N–H and O–H groups in total. The lowest BCUT2D eigenvalue weighted by Gasteiger charge is -2.17. The number of hydrogen-bond donors (Lipinski definition) is 1. The van der Waals surface area contributed by atoms with Gasteiger partial charge in [0, 0.05) is 18.7 Å². The quantitative estimate of drug-likeness (QED) is 0.910. The number of carboxylic acid groups (broad SMARTS) is 1. The van der Waals surface area contributed by atoms with Crippen LogP contribution in [0.2, 0.25) is 0 Å². The van der Waals surface area contributed by atoms with E-state index < -0.39 is 11.9 Å². The molecule has 0 saturated carbocycles. The lowest BCUT2D eigenvalue weighted by Crippen LogP contribution is -2.30. The van der Waals surface area contributed by atoms with Crippen molar-refractivity contribution in [3.63, 3.8) is 0 Å². The van der Waals surface area contributed by atoms with Crippen LogP contribution in [0, 0.1) is 5.92 Å². The third kappa shape index (κ3) is 2.13. The SMILES string of the molecule is O=C(O)C1CCN(C(=O)c2cccc3ccccc23)C1. The zero-order chi connectivity index (χ0) is 14.1. The van der Waals surface area contributed by atoms with E-state index in [9.17, 15) is 9.59 Å². The lowest BCUT2D eigenvalue weighted by atomic mass is 10.0. The highest BCUT2D eigenvalue weighted by atomic mass is 16.4. The van der Waals surface area contributed by atoms with Gasteiger partial charge in [-0.2, -0.15) is 0 Å². The summed E-state index contributed by atoms with van der Waals surface area (Å²) in [6.07, 6.45) is 0.534. The summed E-state index contributed by atoms with van der Waals surface area (Å²) in [4.78, 5) is 25.2. The number of hydrogen-bond acceptors (Lipinski definition) is 2. The Kier molecular flexibility index (Phi) is 3.14. The Bertz CT molecular complexity index is 675. The van der Waals surface area contributed by atoms with Crippen molar-refractivity contribution in [3.8, 4) is 0 Å². The summed E-state index contributed by atoms with van der Waals surface area (Å²) < 4.78 is 0. The van der Waals surface area contributed by atoms with E-state index in [0.29, 0.717) is 25.1 Å². The van der Waals surface area contributed by atoms with Crippen LogP contribution >= 0.6 is 0 Å². The minimum atomic E-state index is -0.821. The molecule has 0 bridgehead atoms. The fourth-order valence-corrected chi connectivity index (χ4v) is 2.73. The van der Waals surface area contributed by atoms with Crippen molar-refractivity contribution in [1.82, 2.24) is 4.90 Å². The topological polar surface area (TPSA) is 57.6 Å². The van der Waals surface area contributed by atoms with Gasteiger partial charge in [-0.25, -0.2) is 0 Å². The Balaban J connectivity index is 1.92. The van der Waals surface area contributed by atoms with Crippen molar-refractivity contribution in [2.24, 2.45) is 5.92 Å². The largest absolute Gasteiger partial charge is 0.481 e. The number of benzene rings is 2. The number of likely N-dealkylation sites (tertiary alicyclic amines) is 1. The molecule has 1 atom stereocenters. The van der Waals surface area contributed by atoms with E-state index in [2.05, 4.69) is 0 Å². The zero-order valence-electron chi connectivity index (χ0n) is 11.0. The van der Waals surface area contributed by atoms with Crippen LogP contribution in [0.15, 0.2) is 42.5 Å². The minimum absolute atomic E-state index is 0.0782. The van der Waals surface area contributed by atoms with E-state index >= 15 is 0 Å². The summed E-state index contributed by atoms with van der Waals surface area (Å²) in [6.45, 7) is 0.816. The van der Waals surface area contributed by atoms with Crippen molar-refractivity contribution in [2.75, 3.05) is 13.1 Å². The highest BCUT2D eigenvalue weighted by molar-refractivity contribution is 6.07. The van der Waals surface area contributed by atoms with Gasteiger partial charge in [0.15, 0.2) is 0 Å². The minimum Gasteiger partial charge on any atom is -0.481 e. The molecule has 1 aliphatic heterocycles. The first-order valence-corrected chi connectivity index (χ1v) is 6.66. The molecule has 1 amide bonds. The van der Waals surface area contributed by atoms with Crippen LogP contribution in [-0.4, -0.2) is 35.0 Å². The van der Waals surface area contributed by atoms with Gasteiger partial charge in [0.05, 0.1) is 5.92 Å². The van der Waals surface area contributed by atoms with Gasteiger partial charge in [-0.3, -0.25) is 9.59 Å². The third-order valence-electron chi connectivity index (χ3n) is 3.84. The second-order valence-electron chi connectivity index (χ2n) is 5.10. The van der Waals surface area contributed by atoms with Crippen molar-refractivity contribution in [2.45, 2.75) is 6.42 Å². The second kappa shape index (κ2) is 4.96. The van der Waals surface area contributed by atoms with E-state index in [1.54, 1.807) is 11.0 Å². The Labute approximate surface area is 116 Å². The van der Waals surface area contributed by atoms with Crippen LogP contribution in [0.25, 0.3) is 10.8 Å². The number of carbonyl (C=O) groups is 2. The van der Waals surface area contributed by atoms with E-state index in [4.69, 9.17) is 5.11 Å². The molecule has 4 heteroatoms. The smallest absolute Gasteiger partial charge is 0.308 e.